The zero-order valence-corrected chi connectivity index (χ0v) is 15.7. The second-order valence-electron chi connectivity index (χ2n) is 6.69. The van der Waals surface area contributed by atoms with Crippen molar-refractivity contribution in [2.24, 2.45) is 5.10 Å². The minimum absolute atomic E-state index is 0.0620. The van der Waals surface area contributed by atoms with Gasteiger partial charge in [0.2, 0.25) is 5.88 Å². The van der Waals surface area contributed by atoms with Crippen LogP contribution in [0.3, 0.4) is 0 Å². The summed E-state index contributed by atoms with van der Waals surface area (Å²) < 4.78 is 1.17. The van der Waals surface area contributed by atoms with Crippen molar-refractivity contribution < 1.29 is 5.11 Å². The standard InChI is InChI=1S/C19H25N5O3/c1-3-15(21-23-11-9-22(2)10-12-23)16-17(25)20-19(27)24(18(16)26)13-14-7-5-4-6-8-14/h4-8,26H,3,9-13H2,1-2H3,(H,20,25,27)/b21-15+. The molecule has 0 unspecified atom stereocenters. The Bertz CT molecular complexity index is 925. The van der Waals surface area contributed by atoms with Crippen molar-refractivity contribution >= 4 is 5.71 Å². The molecule has 0 atom stereocenters. The number of rotatable bonds is 5. The van der Waals surface area contributed by atoms with Crippen molar-refractivity contribution in [2.75, 3.05) is 33.2 Å². The van der Waals surface area contributed by atoms with Gasteiger partial charge in [0, 0.05) is 26.2 Å². The van der Waals surface area contributed by atoms with Gasteiger partial charge in [0.25, 0.3) is 5.56 Å². The highest BCUT2D eigenvalue weighted by atomic mass is 16.3. The number of benzene rings is 1. The van der Waals surface area contributed by atoms with E-state index >= 15 is 0 Å². The lowest BCUT2D eigenvalue weighted by atomic mass is 10.1. The van der Waals surface area contributed by atoms with Gasteiger partial charge in [-0.05, 0) is 19.0 Å². The number of hydrogen-bond donors (Lipinski definition) is 2. The van der Waals surface area contributed by atoms with Crippen molar-refractivity contribution in [1.82, 2.24) is 19.5 Å². The van der Waals surface area contributed by atoms with Gasteiger partial charge in [-0.1, -0.05) is 37.3 Å². The normalized spacial score (nSPS) is 15.9. The summed E-state index contributed by atoms with van der Waals surface area (Å²) in [6, 6.07) is 9.31. The first-order valence-corrected chi connectivity index (χ1v) is 9.11. The summed E-state index contributed by atoms with van der Waals surface area (Å²) >= 11 is 0. The number of H-pyrrole nitrogens is 1. The van der Waals surface area contributed by atoms with Crippen LogP contribution in [0.5, 0.6) is 5.88 Å². The van der Waals surface area contributed by atoms with Crippen molar-refractivity contribution in [3.8, 4) is 5.88 Å². The van der Waals surface area contributed by atoms with E-state index in [2.05, 4.69) is 22.0 Å². The molecule has 1 aliphatic heterocycles. The van der Waals surface area contributed by atoms with Gasteiger partial charge >= 0.3 is 5.69 Å². The molecule has 2 aromatic rings. The Balaban J connectivity index is 2.00. The summed E-state index contributed by atoms with van der Waals surface area (Å²) in [6.07, 6.45) is 0.465. The Morgan fingerprint density at radius 1 is 1.15 bits per heavy atom. The maximum Gasteiger partial charge on any atom is 0.331 e. The number of hydrazone groups is 1. The molecule has 3 rings (SSSR count). The van der Waals surface area contributed by atoms with Crippen LogP contribution in [0, 0.1) is 0 Å². The molecule has 1 fully saturated rings. The number of aromatic nitrogens is 2. The maximum absolute atomic E-state index is 12.4. The summed E-state index contributed by atoms with van der Waals surface area (Å²) in [4.78, 5) is 29.2. The first kappa shape index (κ1) is 18.9. The Morgan fingerprint density at radius 2 is 1.81 bits per heavy atom. The molecule has 1 aliphatic rings. The number of piperazine rings is 1. The van der Waals surface area contributed by atoms with Crippen molar-refractivity contribution in [3.63, 3.8) is 0 Å². The van der Waals surface area contributed by atoms with Crippen molar-refractivity contribution in [2.45, 2.75) is 19.9 Å². The van der Waals surface area contributed by atoms with Crippen LogP contribution in [-0.4, -0.2) is 63.5 Å². The van der Waals surface area contributed by atoms with Crippen LogP contribution in [-0.2, 0) is 6.54 Å². The maximum atomic E-state index is 12.4. The molecule has 0 amide bonds. The number of hydrogen-bond acceptors (Lipinski definition) is 6. The first-order chi connectivity index (χ1) is 13.0. The van der Waals surface area contributed by atoms with E-state index in [0.29, 0.717) is 12.1 Å². The summed E-state index contributed by atoms with van der Waals surface area (Å²) in [6.45, 7) is 5.32. The lowest BCUT2D eigenvalue weighted by Crippen LogP contribution is -2.42. The highest BCUT2D eigenvalue weighted by Gasteiger charge is 2.20. The molecule has 0 radical (unpaired) electrons. The molecule has 1 aromatic carbocycles. The molecule has 1 saturated heterocycles. The van der Waals surface area contributed by atoms with Crippen LogP contribution in [0.1, 0.15) is 24.5 Å². The smallest absolute Gasteiger partial charge is 0.331 e. The molecule has 0 bridgehead atoms. The van der Waals surface area contributed by atoms with E-state index < -0.39 is 11.2 Å². The topological polar surface area (TPSA) is 93.9 Å². The number of likely N-dealkylation sites (N-methyl/N-ethyl adjacent to an activating group) is 1. The fraction of sp³-hybridized carbons (Fsp3) is 0.421. The van der Waals surface area contributed by atoms with E-state index in [4.69, 9.17) is 0 Å². The molecule has 27 heavy (non-hydrogen) atoms. The second-order valence-corrected chi connectivity index (χ2v) is 6.69. The molecule has 2 heterocycles. The molecule has 8 nitrogen and oxygen atoms in total. The second kappa shape index (κ2) is 8.22. The van der Waals surface area contributed by atoms with Crippen molar-refractivity contribution in [1.29, 1.82) is 0 Å². The van der Waals surface area contributed by atoms with Crippen LogP contribution >= 0.6 is 0 Å². The summed E-state index contributed by atoms with van der Waals surface area (Å²) in [5, 5.41) is 17.2. The Kier molecular flexibility index (Phi) is 5.75. The Labute approximate surface area is 157 Å². The molecule has 0 saturated carbocycles. The predicted molar refractivity (Wildman–Crippen MR) is 104 cm³/mol. The highest BCUT2D eigenvalue weighted by molar-refractivity contribution is 6.01. The molecule has 1 aromatic heterocycles. The van der Waals surface area contributed by atoms with Gasteiger partial charge in [-0.3, -0.25) is 19.4 Å². The zero-order valence-electron chi connectivity index (χ0n) is 15.7. The minimum Gasteiger partial charge on any atom is -0.494 e. The van der Waals surface area contributed by atoms with Gasteiger partial charge in [0.1, 0.15) is 5.56 Å². The number of aromatic amines is 1. The van der Waals surface area contributed by atoms with E-state index in [0.717, 1.165) is 31.7 Å². The van der Waals surface area contributed by atoms with E-state index in [-0.39, 0.29) is 18.0 Å². The van der Waals surface area contributed by atoms with E-state index in [9.17, 15) is 14.7 Å². The number of nitrogens with zero attached hydrogens (tertiary/aromatic N) is 4. The summed E-state index contributed by atoms with van der Waals surface area (Å²) in [5.74, 6) is -0.345. The monoisotopic (exact) mass is 371 g/mol. The van der Waals surface area contributed by atoms with Crippen LogP contribution in [0.25, 0.3) is 0 Å². The lowest BCUT2D eigenvalue weighted by Gasteiger charge is -2.31. The summed E-state index contributed by atoms with van der Waals surface area (Å²) in [5.41, 5.74) is 0.130. The summed E-state index contributed by atoms with van der Waals surface area (Å²) in [7, 11) is 2.05. The largest absolute Gasteiger partial charge is 0.494 e. The first-order valence-electron chi connectivity index (χ1n) is 9.11. The van der Waals surface area contributed by atoms with Gasteiger partial charge in [-0.2, -0.15) is 5.10 Å². The van der Waals surface area contributed by atoms with E-state index in [1.54, 1.807) is 0 Å². The molecule has 144 valence electrons. The third-order valence-corrected chi connectivity index (χ3v) is 4.72. The van der Waals surface area contributed by atoms with Crippen LogP contribution in [0.4, 0.5) is 0 Å². The molecular formula is C19H25N5O3. The molecule has 0 spiro atoms. The molecule has 0 aliphatic carbocycles. The zero-order chi connectivity index (χ0) is 19.4. The molecule has 8 heteroatoms. The Morgan fingerprint density at radius 3 is 2.44 bits per heavy atom. The fourth-order valence-corrected chi connectivity index (χ4v) is 3.10. The van der Waals surface area contributed by atoms with Gasteiger partial charge < -0.3 is 10.0 Å². The highest BCUT2D eigenvalue weighted by Crippen LogP contribution is 2.16. The van der Waals surface area contributed by atoms with Gasteiger partial charge in [0.05, 0.1) is 12.3 Å². The average molecular weight is 371 g/mol. The van der Waals surface area contributed by atoms with Crippen LogP contribution < -0.4 is 11.2 Å². The Hall–Kier alpha value is -2.87. The third kappa shape index (κ3) is 4.28. The van der Waals surface area contributed by atoms with Gasteiger partial charge in [0.15, 0.2) is 0 Å². The lowest BCUT2D eigenvalue weighted by molar-refractivity contribution is 0.159. The number of nitrogens with one attached hydrogen (secondary N) is 1. The van der Waals surface area contributed by atoms with Crippen molar-refractivity contribution in [3.05, 3.63) is 62.3 Å². The molecule has 2 N–H and O–H groups in total. The third-order valence-electron chi connectivity index (χ3n) is 4.72. The van der Waals surface area contributed by atoms with E-state index in [1.807, 2.05) is 42.3 Å². The fourth-order valence-electron chi connectivity index (χ4n) is 3.10. The predicted octanol–water partition coefficient (Wildman–Crippen LogP) is 0.652. The van der Waals surface area contributed by atoms with Gasteiger partial charge in [-0.25, -0.2) is 4.79 Å². The van der Waals surface area contributed by atoms with Gasteiger partial charge in [-0.15, -0.1) is 0 Å². The average Bonchev–Trinajstić information content (AvgIpc) is 2.66. The SMILES string of the molecule is CC/C(=N\N1CCN(C)CC1)c1c(O)n(Cc2ccccc2)c(=O)[nH]c1=O. The van der Waals surface area contributed by atoms with Crippen LogP contribution in [0.15, 0.2) is 45.0 Å². The molecular weight excluding hydrogens is 346 g/mol. The van der Waals surface area contributed by atoms with E-state index in [1.165, 1.54) is 4.57 Å². The number of aromatic hydroxyl groups is 1. The minimum atomic E-state index is -0.639. The quantitative estimate of drug-likeness (QED) is 0.753. The van der Waals surface area contributed by atoms with Crippen LogP contribution in [0.2, 0.25) is 0 Å².